The quantitative estimate of drug-likeness (QED) is 0.846. The molecule has 3 nitrogen and oxygen atoms in total. The van der Waals surface area contributed by atoms with E-state index in [1.54, 1.807) is 30.1 Å². The SMILES string of the molecule is CCN(C)C(=O)CC(N)Cc1ccccc1F. The molecule has 0 bridgehead atoms. The topological polar surface area (TPSA) is 46.3 Å². The molecule has 0 fully saturated rings. The monoisotopic (exact) mass is 238 g/mol. The highest BCUT2D eigenvalue weighted by atomic mass is 19.1. The normalized spacial score (nSPS) is 12.2. The van der Waals surface area contributed by atoms with Crippen LogP contribution in [0.2, 0.25) is 0 Å². The number of nitrogens with two attached hydrogens (primary N) is 1. The molecule has 1 aromatic rings. The average molecular weight is 238 g/mol. The number of nitrogens with zero attached hydrogens (tertiary/aromatic N) is 1. The third kappa shape index (κ3) is 4.15. The zero-order valence-corrected chi connectivity index (χ0v) is 10.3. The minimum atomic E-state index is -0.339. The van der Waals surface area contributed by atoms with Crippen molar-refractivity contribution in [3.63, 3.8) is 0 Å². The van der Waals surface area contributed by atoms with Crippen LogP contribution in [0.5, 0.6) is 0 Å². The van der Waals surface area contributed by atoms with Crippen LogP contribution in [-0.2, 0) is 11.2 Å². The van der Waals surface area contributed by atoms with Gasteiger partial charge in [-0.25, -0.2) is 4.39 Å². The minimum Gasteiger partial charge on any atom is -0.346 e. The number of amides is 1. The van der Waals surface area contributed by atoms with Gasteiger partial charge in [0, 0.05) is 26.1 Å². The predicted molar refractivity (Wildman–Crippen MR) is 66.0 cm³/mol. The molecule has 0 aliphatic carbocycles. The summed E-state index contributed by atoms with van der Waals surface area (Å²) in [5, 5.41) is 0. The second kappa shape index (κ2) is 6.35. The molecule has 0 aliphatic heterocycles. The fourth-order valence-electron chi connectivity index (χ4n) is 1.58. The van der Waals surface area contributed by atoms with E-state index in [4.69, 9.17) is 5.73 Å². The highest BCUT2D eigenvalue weighted by Crippen LogP contribution is 2.10. The van der Waals surface area contributed by atoms with E-state index in [0.717, 1.165) is 0 Å². The van der Waals surface area contributed by atoms with Crippen LogP contribution < -0.4 is 5.73 Å². The molecular weight excluding hydrogens is 219 g/mol. The second-order valence-corrected chi connectivity index (χ2v) is 4.17. The van der Waals surface area contributed by atoms with Gasteiger partial charge >= 0.3 is 0 Å². The molecule has 0 aliphatic rings. The molecule has 0 saturated heterocycles. The predicted octanol–water partition coefficient (Wildman–Crippen LogP) is 1.56. The molecule has 1 amide bonds. The van der Waals surface area contributed by atoms with Gasteiger partial charge < -0.3 is 10.6 Å². The Morgan fingerprint density at radius 1 is 1.47 bits per heavy atom. The summed E-state index contributed by atoms with van der Waals surface area (Å²) in [5.74, 6) is -0.268. The lowest BCUT2D eigenvalue weighted by Gasteiger charge is -2.18. The molecule has 1 aromatic carbocycles. The Bertz CT molecular complexity index is 381. The highest BCUT2D eigenvalue weighted by Gasteiger charge is 2.14. The third-order valence-electron chi connectivity index (χ3n) is 2.78. The molecule has 4 heteroatoms. The van der Waals surface area contributed by atoms with E-state index in [2.05, 4.69) is 0 Å². The Morgan fingerprint density at radius 2 is 2.12 bits per heavy atom. The van der Waals surface area contributed by atoms with Crippen LogP contribution >= 0.6 is 0 Å². The lowest BCUT2D eigenvalue weighted by Crippen LogP contribution is -2.34. The average Bonchev–Trinajstić information content (AvgIpc) is 2.31. The van der Waals surface area contributed by atoms with Gasteiger partial charge in [-0.2, -0.15) is 0 Å². The largest absolute Gasteiger partial charge is 0.346 e. The van der Waals surface area contributed by atoms with Crippen LogP contribution in [0.15, 0.2) is 24.3 Å². The summed E-state index contributed by atoms with van der Waals surface area (Å²) in [4.78, 5) is 13.2. The van der Waals surface area contributed by atoms with Crippen molar-refractivity contribution in [2.45, 2.75) is 25.8 Å². The van der Waals surface area contributed by atoms with E-state index < -0.39 is 0 Å². The molecule has 1 rings (SSSR count). The van der Waals surface area contributed by atoms with E-state index in [-0.39, 0.29) is 24.2 Å². The molecule has 1 atom stereocenters. The number of carbonyl (C=O) groups excluding carboxylic acids is 1. The number of halogens is 1. The standard InChI is InChI=1S/C13H19FN2O/c1-3-16(2)13(17)9-11(15)8-10-6-4-5-7-12(10)14/h4-7,11H,3,8-9,15H2,1-2H3. The lowest BCUT2D eigenvalue weighted by molar-refractivity contribution is -0.130. The molecule has 0 saturated carbocycles. The summed E-state index contributed by atoms with van der Waals surface area (Å²) < 4.78 is 13.4. The Hall–Kier alpha value is -1.42. The summed E-state index contributed by atoms with van der Waals surface area (Å²) in [7, 11) is 1.73. The number of benzene rings is 1. The molecule has 94 valence electrons. The number of carbonyl (C=O) groups is 1. The zero-order chi connectivity index (χ0) is 12.8. The molecule has 2 N–H and O–H groups in total. The molecule has 17 heavy (non-hydrogen) atoms. The lowest BCUT2D eigenvalue weighted by atomic mass is 10.0. The van der Waals surface area contributed by atoms with Crippen molar-refractivity contribution in [1.29, 1.82) is 0 Å². The first kappa shape index (κ1) is 13.6. The molecular formula is C13H19FN2O. The second-order valence-electron chi connectivity index (χ2n) is 4.17. The van der Waals surface area contributed by atoms with Crippen LogP contribution in [0.1, 0.15) is 18.9 Å². The van der Waals surface area contributed by atoms with Crippen molar-refractivity contribution in [3.8, 4) is 0 Å². The van der Waals surface area contributed by atoms with Crippen LogP contribution in [0, 0.1) is 5.82 Å². The van der Waals surface area contributed by atoms with Crippen molar-refractivity contribution in [3.05, 3.63) is 35.6 Å². The first-order chi connectivity index (χ1) is 8.04. The summed E-state index contributed by atoms with van der Waals surface area (Å²) in [6, 6.07) is 6.17. The first-order valence-electron chi connectivity index (χ1n) is 5.77. The van der Waals surface area contributed by atoms with Crippen molar-refractivity contribution in [2.24, 2.45) is 5.73 Å². The molecule has 0 heterocycles. The van der Waals surface area contributed by atoms with Gasteiger partial charge in [0.05, 0.1) is 0 Å². The summed E-state index contributed by atoms with van der Waals surface area (Å²) in [6.07, 6.45) is 0.634. The molecule has 0 radical (unpaired) electrons. The van der Waals surface area contributed by atoms with Crippen LogP contribution in [0.25, 0.3) is 0 Å². The summed E-state index contributed by atoms with van der Waals surface area (Å²) in [6.45, 7) is 2.56. The van der Waals surface area contributed by atoms with Crippen molar-refractivity contribution < 1.29 is 9.18 Å². The summed E-state index contributed by atoms with van der Waals surface area (Å²) in [5.41, 5.74) is 6.42. The van der Waals surface area contributed by atoms with Crippen LogP contribution in [0.3, 0.4) is 0 Å². The van der Waals surface area contributed by atoms with Crippen molar-refractivity contribution in [1.82, 2.24) is 4.90 Å². The molecule has 0 aromatic heterocycles. The molecule has 1 unspecified atom stereocenters. The van der Waals surface area contributed by atoms with E-state index in [0.29, 0.717) is 18.5 Å². The van der Waals surface area contributed by atoms with Gasteiger partial charge in [0.2, 0.25) is 5.91 Å². The van der Waals surface area contributed by atoms with Gasteiger partial charge in [-0.05, 0) is 25.0 Å². The third-order valence-corrected chi connectivity index (χ3v) is 2.78. The summed E-state index contributed by atoms with van der Waals surface area (Å²) >= 11 is 0. The Kier molecular flexibility index (Phi) is 5.10. The maximum Gasteiger partial charge on any atom is 0.223 e. The van der Waals surface area contributed by atoms with E-state index in [9.17, 15) is 9.18 Å². The fourth-order valence-corrected chi connectivity index (χ4v) is 1.58. The highest BCUT2D eigenvalue weighted by molar-refractivity contribution is 5.76. The maximum absolute atomic E-state index is 13.4. The smallest absolute Gasteiger partial charge is 0.223 e. The number of rotatable bonds is 5. The molecule has 0 spiro atoms. The van der Waals surface area contributed by atoms with E-state index >= 15 is 0 Å². The van der Waals surface area contributed by atoms with E-state index in [1.165, 1.54) is 6.07 Å². The first-order valence-corrected chi connectivity index (χ1v) is 5.77. The van der Waals surface area contributed by atoms with Gasteiger partial charge in [0.15, 0.2) is 0 Å². The minimum absolute atomic E-state index is 0.00339. The van der Waals surface area contributed by atoms with Crippen LogP contribution in [-0.4, -0.2) is 30.4 Å². The maximum atomic E-state index is 13.4. The van der Waals surface area contributed by atoms with Gasteiger partial charge in [-0.15, -0.1) is 0 Å². The van der Waals surface area contributed by atoms with Gasteiger partial charge in [-0.3, -0.25) is 4.79 Å². The van der Waals surface area contributed by atoms with Gasteiger partial charge in [0.25, 0.3) is 0 Å². The Balaban J connectivity index is 2.53. The van der Waals surface area contributed by atoms with E-state index in [1.807, 2.05) is 6.92 Å². The van der Waals surface area contributed by atoms with Gasteiger partial charge in [0.1, 0.15) is 5.82 Å². The Labute approximate surface area is 101 Å². The Morgan fingerprint density at radius 3 is 2.71 bits per heavy atom. The number of hydrogen-bond donors (Lipinski definition) is 1. The van der Waals surface area contributed by atoms with Crippen LogP contribution in [0.4, 0.5) is 4.39 Å². The fraction of sp³-hybridized carbons (Fsp3) is 0.462. The zero-order valence-electron chi connectivity index (χ0n) is 10.3. The van der Waals surface area contributed by atoms with Crippen molar-refractivity contribution in [2.75, 3.05) is 13.6 Å². The van der Waals surface area contributed by atoms with Crippen molar-refractivity contribution >= 4 is 5.91 Å². The van der Waals surface area contributed by atoms with Gasteiger partial charge in [-0.1, -0.05) is 18.2 Å². The number of hydrogen-bond acceptors (Lipinski definition) is 2.